The zero-order valence-corrected chi connectivity index (χ0v) is 17.0. The summed E-state index contributed by atoms with van der Waals surface area (Å²) >= 11 is 0. The van der Waals surface area contributed by atoms with E-state index in [1.54, 1.807) is 31.4 Å². The summed E-state index contributed by atoms with van der Waals surface area (Å²) in [7, 11) is 3.43. The number of amides is 3. The Morgan fingerprint density at radius 1 is 1.00 bits per heavy atom. The van der Waals surface area contributed by atoms with E-state index >= 15 is 0 Å². The van der Waals surface area contributed by atoms with Gasteiger partial charge in [0.15, 0.2) is 6.17 Å². The Labute approximate surface area is 179 Å². The van der Waals surface area contributed by atoms with E-state index in [9.17, 15) is 14.0 Å². The van der Waals surface area contributed by atoms with Crippen LogP contribution in [0.1, 0.15) is 22.1 Å². The SMILES string of the molecule is COc1ccc(C2N(NC(=O)Nc3ccc(F)cc3)C(=O)c3ccccc3N2C)cc1. The number of benzene rings is 3. The number of nitrogens with zero attached hydrogens (tertiary/aromatic N) is 2. The molecule has 0 radical (unpaired) electrons. The number of urea groups is 1. The number of carbonyl (C=O) groups excluding carboxylic acids is 2. The summed E-state index contributed by atoms with van der Waals surface area (Å²) in [6, 6.07) is 19.2. The molecule has 1 unspecified atom stereocenters. The average molecular weight is 420 g/mol. The highest BCUT2D eigenvalue weighted by Gasteiger charge is 2.38. The molecule has 4 rings (SSSR count). The van der Waals surface area contributed by atoms with E-state index in [0.29, 0.717) is 17.0 Å². The number of nitrogens with one attached hydrogen (secondary N) is 2. The van der Waals surface area contributed by atoms with Gasteiger partial charge in [0, 0.05) is 12.7 Å². The first-order chi connectivity index (χ1) is 15.0. The van der Waals surface area contributed by atoms with Gasteiger partial charge in [-0.15, -0.1) is 0 Å². The molecule has 3 amide bonds. The van der Waals surface area contributed by atoms with Crippen LogP contribution in [0.3, 0.4) is 0 Å². The molecule has 7 nitrogen and oxygen atoms in total. The first-order valence-corrected chi connectivity index (χ1v) is 9.60. The predicted octanol–water partition coefficient (Wildman–Crippen LogP) is 4.16. The van der Waals surface area contributed by atoms with Crippen molar-refractivity contribution < 1.29 is 18.7 Å². The quantitative estimate of drug-likeness (QED) is 0.665. The van der Waals surface area contributed by atoms with Crippen molar-refractivity contribution in [1.82, 2.24) is 10.4 Å². The minimum Gasteiger partial charge on any atom is -0.497 e. The maximum absolute atomic E-state index is 13.3. The maximum Gasteiger partial charge on any atom is 0.338 e. The second-order valence-corrected chi connectivity index (χ2v) is 7.02. The van der Waals surface area contributed by atoms with Crippen LogP contribution in [0.4, 0.5) is 20.6 Å². The smallest absolute Gasteiger partial charge is 0.338 e. The molecule has 3 aromatic rings. The summed E-state index contributed by atoms with van der Waals surface area (Å²) < 4.78 is 18.4. The molecule has 0 spiro atoms. The van der Waals surface area contributed by atoms with Crippen molar-refractivity contribution in [2.75, 3.05) is 24.4 Å². The molecule has 31 heavy (non-hydrogen) atoms. The van der Waals surface area contributed by atoms with Gasteiger partial charge in [0.1, 0.15) is 11.6 Å². The summed E-state index contributed by atoms with van der Waals surface area (Å²) in [5.74, 6) is -0.0683. The molecular formula is C23H21FN4O3. The highest BCUT2D eigenvalue weighted by molar-refractivity contribution is 6.03. The van der Waals surface area contributed by atoms with Gasteiger partial charge in [0.05, 0.1) is 18.4 Å². The first-order valence-electron chi connectivity index (χ1n) is 9.60. The highest BCUT2D eigenvalue weighted by atomic mass is 19.1. The second-order valence-electron chi connectivity index (χ2n) is 7.02. The number of hydrogen-bond donors (Lipinski definition) is 2. The topological polar surface area (TPSA) is 73.9 Å². The van der Waals surface area contributed by atoms with Crippen molar-refractivity contribution in [1.29, 1.82) is 0 Å². The highest BCUT2D eigenvalue weighted by Crippen LogP contribution is 2.37. The number of fused-ring (bicyclic) bond motifs is 1. The van der Waals surface area contributed by atoms with Gasteiger partial charge < -0.3 is 15.0 Å². The summed E-state index contributed by atoms with van der Waals surface area (Å²) in [5, 5.41) is 3.90. The lowest BCUT2D eigenvalue weighted by Crippen LogP contribution is -2.56. The lowest BCUT2D eigenvalue weighted by molar-refractivity contribution is 0.0557. The van der Waals surface area contributed by atoms with Crippen LogP contribution in [0.25, 0.3) is 0 Å². The number of halogens is 1. The number of hydrogen-bond acceptors (Lipinski definition) is 4. The molecule has 0 aliphatic carbocycles. The van der Waals surface area contributed by atoms with Crippen molar-refractivity contribution >= 4 is 23.3 Å². The van der Waals surface area contributed by atoms with Crippen molar-refractivity contribution in [2.24, 2.45) is 0 Å². The van der Waals surface area contributed by atoms with Crippen molar-refractivity contribution in [3.8, 4) is 5.75 Å². The van der Waals surface area contributed by atoms with Gasteiger partial charge in [0.25, 0.3) is 5.91 Å². The lowest BCUT2D eigenvalue weighted by Gasteiger charge is -2.43. The molecule has 0 aromatic heterocycles. The summed E-state index contributed by atoms with van der Waals surface area (Å²) in [6.07, 6.45) is -0.590. The van der Waals surface area contributed by atoms with Crippen LogP contribution in [-0.4, -0.2) is 31.1 Å². The van der Waals surface area contributed by atoms with Gasteiger partial charge in [0.2, 0.25) is 0 Å². The van der Waals surface area contributed by atoms with Gasteiger partial charge in [-0.05, 0) is 54.1 Å². The van der Waals surface area contributed by atoms with Gasteiger partial charge in [-0.2, -0.15) is 0 Å². The van der Waals surface area contributed by atoms with Crippen LogP contribution in [0.5, 0.6) is 5.75 Å². The van der Waals surface area contributed by atoms with Gasteiger partial charge in [-0.3, -0.25) is 4.79 Å². The number of para-hydroxylation sites is 1. The van der Waals surface area contributed by atoms with E-state index in [-0.39, 0.29) is 5.91 Å². The van der Waals surface area contributed by atoms with Crippen molar-refractivity contribution in [3.05, 3.63) is 89.7 Å². The maximum atomic E-state index is 13.3. The van der Waals surface area contributed by atoms with Crippen LogP contribution in [-0.2, 0) is 0 Å². The third-order valence-corrected chi connectivity index (χ3v) is 5.08. The average Bonchev–Trinajstić information content (AvgIpc) is 2.79. The zero-order valence-electron chi connectivity index (χ0n) is 17.0. The molecule has 0 bridgehead atoms. The Kier molecular flexibility index (Phi) is 5.44. The van der Waals surface area contributed by atoms with E-state index in [4.69, 9.17) is 4.74 Å². The molecule has 1 aliphatic rings. The number of carbonyl (C=O) groups is 2. The number of hydrazine groups is 1. The molecule has 2 N–H and O–H groups in total. The molecular weight excluding hydrogens is 399 g/mol. The standard InChI is InChI=1S/C23H21FN4O3/c1-27-20-6-4-3-5-19(20)22(29)28(21(27)15-7-13-18(31-2)14-8-15)26-23(30)25-17-11-9-16(24)10-12-17/h3-14,21H,1-2H3,(H2,25,26,30). The molecule has 0 saturated heterocycles. The molecule has 0 fully saturated rings. The van der Waals surface area contributed by atoms with Crippen LogP contribution in [0.15, 0.2) is 72.8 Å². The third-order valence-electron chi connectivity index (χ3n) is 5.08. The largest absolute Gasteiger partial charge is 0.497 e. The first kappa shape index (κ1) is 20.2. The molecule has 1 aliphatic heterocycles. The third kappa shape index (κ3) is 4.00. The van der Waals surface area contributed by atoms with Crippen molar-refractivity contribution in [2.45, 2.75) is 6.17 Å². The van der Waals surface area contributed by atoms with Crippen LogP contribution in [0.2, 0.25) is 0 Å². The second kappa shape index (κ2) is 8.35. The van der Waals surface area contributed by atoms with Gasteiger partial charge in [-0.1, -0.05) is 24.3 Å². The Morgan fingerprint density at radius 3 is 2.35 bits per heavy atom. The summed E-state index contributed by atoms with van der Waals surface area (Å²) in [6.45, 7) is 0. The number of ether oxygens (including phenoxy) is 1. The van der Waals surface area contributed by atoms with Crippen LogP contribution in [0, 0.1) is 5.82 Å². The molecule has 0 saturated carbocycles. The summed E-state index contributed by atoms with van der Waals surface area (Å²) in [5.41, 5.74) is 5.06. The van der Waals surface area contributed by atoms with E-state index < -0.39 is 18.0 Å². The Bertz CT molecular complexity index is 1100. The normalized spacial score (nSPS) is 15.3. The van der Waals surface area contributed by atoms with E-state index in [1.165, 1.54) is 29.3 Å². The zero-order chi connectivity index (χ0) is 22.0. The monoisotopic (exact) mass is 420 g/mol. The van der Waals surface area contributed by atoms with Gasteiger partial charge >= 0.3 is 6.03 Å². The van der Waals surface area contributed by atoms with E-state index in [2.05, 4.69) is 10.7 Å². The fraction of sp³-hybridized carbons (Fsp3) is 0.130. The summed E-state index contributed by atoms with van der Waals surface area (Å²) in [4.78, 5) is 27.9. The minimum absolute atomic E-state index is 0.344. The van der Waals surface area contributed by atoms with Crippen LogP contribution < -0.4 is 20.4 Å². The lowest BCUT2D eigenvalue weighted by atomic mass is 10.0. The Hall–Kier alpha value is -4.07. The minimum atomic E-state index is -0.619. The van der Waals surface area contributed by atoms with Gasteiger partial charge in [-0.25, -0.2) is 19.6 Å². The fourth-order valence-electron chi connectivity index (χ4n) is 3.57. The Morgan fingerprint density at radius 2 is 1.68 bits per heavy atom. The molecule has 1 heterocycles. The number of rotatable bonds is 4. The molecule has 8 heteroatoms. The number of anilines is 2. The number of methoxy groups -OCH3 is 1. The van der Waals surface area contributed by atoms with E-state index in [1.807, 2.05) is 36.2 Å². The van der Waals surface area contributed by atoms with E-state index in [0.717, 1.165) is 11.3 Å². The molecule has 3 aromatic carbocycles. The predicted molar refractivity (Wildman–Crippen MR) is 115 cm³/mol. The molecule has 1 atom stereocenters. The Balaban J connectivity index is 1.66. The van der Waals surface area contributed by atoms with Crippen molar-refractivity contribution in [3.63, 3.8) is 0 Å². The van der Waals surface area contributed by atoms with Crippen LogP contribution >= 0.6 is 0 Å². The fourth-order valence-corrected chi connectivity index (χ4v) is 3.57. The molecule has 158 valence electrons.